The summed E-state index contributed by atoms with van der Waals surface area (Å²) in [6.07, 6.45) is 6.92. The number of nitrogens with zero attached hydrogens (tertiary/aromatic N) is 4. The van der Waals surface area contributed by atoms with Crippen molar-refractivity contribution in [3.8, 4) is 0 Å². The highest BCUT2D eigenvalue weighted by molar-refractivity contribution is 5.95. The zero-order valence-electron chi connectivity index (χ0n) is 12.3. The Labute approximate surface area is 127 Å². The molecule has 0 bridgehead atoms. The molecule has 1 fully saturated rings. The number of rotatable bonds is 3. The first kappa shape index (κ1) is 14.2. The Morgan fingerprint density at radius 2 is 2.14 bits per heavy atom. The molecule has 2 aromatic rings. The normalized spacial score (nSPS) is 17.7. The van der Waals surface area contributed by atoms with Crippen molar-refractivity contribution in [1.82, 2.24) is 19.7 Å². The molecule has 0 saturated carbocycles. The zero-order chi connectivity index (χ0) is 15.7. The summed E-state index contributed by atoms with van der Waals surface area (Å²) in [5.74, 6) is -0.691. The number of carbonyl (C=O) groups excluding carboxylic acids is 2. The van der Waals surface area contributed by atoms with E-state index in [-0.39, 0.29) is 11.9 Å². The third-order valence-electron chi connectivity index (χ3n) is 3.89. The molecule has 0 aromatic carbocycles. The van der Waals surface area contributed by atoms with Gasteiger partial charge in [0.1, 0.15) is 5.69 Å². The molecule has 0 spiro atoms. The predicted molar refractivity (Wildman–Crippen MR) is 79.0 cm³/mol. The number of aryl methyl sites for hydroxylation is 1. The van der Waals surface area contributed by atoms with Crippen molar-refractivity contribution in [3.63, 3.8) is 0 Å². The van der Waals surface area contributed by atoms with Crippen molar-refractivity contribution in [2.24, 2.45) is 12.8 Å². The number of aromatic nitrogens is 3. The second kappa shape index (κ2) is 5.59. The SMILES string of the molecule is Cn1cc(C2CCCN2C(=O)c2ccc(C(N)=O)cn2)cn1. The summed E-state index contributed by atoms with van der Waals surface area (Å²) < 4.78 is 1.73. The molecule has 3 heterocycles. The van der Waals surface area contributed by atoms with Crippen molar-refractivity contribution in [1.29, 1.82) is 0 Å². The Morgan fingerprint density at radius 3 is 2.73 bits per heavy atom. The van der Waals surface area contributed by atoms with E-state index in [4.69, 9.17) is 5.73 Å². The summed E-state index contributed by atoms with van der Waals surface area (Å²) in [6, 6.07) is 3.09. The lowest BCUT2D eigenvalue weighted by Crippen LogP contribution is -2.31. The lowest BCUT2D eigenvalue weighted by Gasteiger charge is -2.23. The first-order valence-corrected chi connectivity index (χ1v) is 7.11. The summed E-state index contributed by atoms with van der Waals surface area (Å²) in [6.45, 7) is 0.692. The second-order valence-electron chi connectivity index (χ2n) is 5.40. The first-order chi connectivity index (χ1) is 10.6. The van der Waals surface area contributed by atoms with Gasteiger partial charge in [-0.15, -0.1) is 0 Å². The van der Waals surface area contributed by atoms with Gasteiger partial charge in [0, 0.05) is 31.5 Å². The van der Waals surface area contributed by atoms with Gasteiger partial charge in [0.05, 0.1) is 17.8 Å². The molecule has 2 N–H and O–H groups in total. The summed E-state index contributed by atoms with van der Waals surface area (Å²) >= 11 is 0. The maximum absolute atomic E-state index is 12.6. The monoisotopic (exact) mass is 299 g/mol. The molecule has 3 rings (SSSR count). The number of hydrogen-bond donors (Lipinski definition) is 1. The van der Waals surface area contributed by atoms with Crippen LogP contribution in [-0.4, -0.2) is 38.0 Å². The lowest BCUT2D eigenvalue weighted by molar-refractivity contribution is 0.0729. The average molecular weight is 299 g/mol. The minimum atomic E-state index is -0.555. The van der Waals surface area contributed by atoms with Gasteiger partial charge in [0.2, 0.25) is 5.91 Å². The fraction of sp³-hybridized carbons (Fsp3) is 0.333. The van der Waals surface area contributed by atoms with Gasteiger partial charge in [-0.3, -0.25) is 19.3 Å². The van der Waals surface area contributed by atoms with Gasteiger partial charge in [-0.25, -0.2) is 0 Å². The van der Waals surface area contributed by atoms with Crippen LogP contribution in [0.15, 0.2) is 30.7 Å². The van der Waals surface area contributed by atoms with Crippen LogP contribution in [0.3, 0.4) is 0 Å². The molecule has 0 radical (unpaired) electrons. The largest absolute Gasteiger partial charge is 0.366 e. The van der Waals surface area contributed by atoms with E-state index >= 15 is 0 Å². The van der Waals surface area contributed by atoms with E-state index in [0.29, 0.717) is 17.8 Å². The Balaban J connectivity index is 1.82. The molecule has 2 amide bonds. The van der Waals surface area contributed by atoms with Crippen LogP contribution >= 0.6 is 0 Å². The molecule has 7 nitrogen and oxygen atoms in total. The first-order valence-electron chi connectivity index (χ1n) is 7.11. The van der Waals surface area contributed by atoms with E-state index in [0.717, 1.165) is 18.4 Å². The van der Waals surface area contributed by atoms with Crippen molar-refractivity contribution in [2.75, 3.05) is 6.54 Å². The molecule has 1 saturated heterocycles. The fourth-order valence-corrected chi connectivity index (χ4v) is 2.78. The number of likely N-dealkylation sites (tertiary alicyclic amines) is 1. The van der Waals surface area contributed by atoms with Gasteiger partial charge in [0.15, 0.2) is 0 Å². The van der Waals surface area contributed by atoms with Crippen LogP contribution in [0.1, 0.15) is 45.3 Å². The summed E-state index contributed by atoms with van der Waals surface area (Å²) in [5.41, 5.74) is 6.82. The van der Waals surface area contributed by atoms with Crippen LogP contribution in [0.4, 0.5) is 0 Å². The third kappa shape index (κ3) is 2.57. The van der Waals surface area contributed by atoms with Crippen LogP contribution < -0.4 is 5.73 Å². The number of pyridine rings is 1. The van der Waals surface area contributed by atoms with Gasteiger partial charge in [-0.2, -0.15) is 5.10 Å². The van der Waals surface area contributed by atoms with Gasteiger partial charge < -0.3 is 10.6 Å². The van der Waals surface area contributed by atoms with Crippen LogP contribution in [-0.2, 0) is 7.05 Å². The number of carbonyl (C=O) groups is 2. The quantitative estimate of drug-likeness (QED) is 0.910. The highest BCUT2D eigenvalue weighted by Gasteiger charge is 2.31. The van der Waals surface area contributed by atoms with E-state index in [1.165, 1.54) is 12.3 Å². The molecule has 1 aliphatic rings. The molecular formula is C15H17N5O2. The van der Waals surface area contributed by atoms with Crippen LogP contribution in [0.25, 0.3) is 0 Å². The molecule has 22 heavy (non-hydrogen) atoms. The van der Waals surface area contributed by atoms with Crippen molar-refractivity contribution < 1.29 is 9.59 Å². The summed E-state index contributed by atoms with van der Waals surface area (Å²) in [5, 5.41) is 4.17. The summed E-state index contributed by atoms with van der Waals surface area (Å²) in [4.78, 5) is 29.6. The number of hydrogen-bond acceptors (Lipinski definition) is 4. The van der Waals surface area contributed by atoms with Crippen LogP contribution in [0.5, 0.6) is 0 Å². The van der Waals surface area contributed by atoms with Gasteiger partial charge in [-0.05, 0) is 25.0 Å². The van der Waals surface area contributed by atoms with Crippen LogP contribution in [0.2, 0.25) is 0 Å². The van der Waals surface area contributed by atoms with E-state index in [1.807, 2.05) is 18.1 Å². The minimum Gasteiger partial charge on any atom is -0.366 e. The van der Waals surface area contributed by atoms with Crippen molar-refractivity contribution in [2.45, 2.75) is 18.9 Å². The smallest absolute Gasteiger partial charge is 0.272 e. The van der Waals surface area contributed by atoms with E-state index in [9.17, 15) is 9.59 Å². The maximum Gasteiger partial charge on any atom is 0.272 e. The van der Waals surface area contributed by atoms with Gasteiger partial charge >= 0.3 is 0 Å². The standard InChI is InChI=1S/C15H17N5O2/c1-19-9-11(8-18-19)13-3-2-6-20(13)15(22)12-5-4-10(7-17-12)14(16)21/h4-5,7-9,13H,2-3,6H2,1H3,(H2,16,21). The number of primary amides is 1. The second-order valence-corrected chi connectivity index (χ2v) is 5.40. The zero-order valence-corrected chi connectivity index (χ0v) is 12.3. The maximum atomic E-state index is 12.6. The molecule has 114 valence electrons. The molecule has 7 heteroatoms. The van der Waals surface area contributed by atoms with E-state index in [2.05, 4.69) is 10.1 Å². The molecular weight excluding hydrogens is 282 g/mol. The van der Waals surface area contributed by atoms with E-state index < -0.39 is 5.91 Å². The number of nitrogens with two attached hydrogens (primary N) is 1. The molecule has 1 atom stereocenters. The Kier molecular flexibility index (Phi) is 3.62. The number of amides is 2. The highest BCUT2D eigenvalue weighted by Crippen LogP contribution is 2.32. The molecule has 2 aromatic heterocycles. The molecule has 1 unspecified atom stereocenters. The Morgan fingerprint density at radius 1 is 1.32 bits per heavy atom. The minimum absolute atomic E-state index is 0.0267. The average Bonchev–Trinajstić information content (AvgIpc) is 3.15. The third-order valence-corrected chi connectivity index (χ3v) is 3.89. The lowest BCUT2D eigenvalue weighted by atomic mass is 10.1. The molecule has 1 aliphatic heterocycles. The fourth-order valence-electron chi connectivity index (χ4n) is 2.78. The molecule has 0 aliphatic carbocycles. The van der Waals surface area contributed by atoms with Gasteiger partial charge in [0.25, 0.3) is 5.91 Å². The summed E-state index contributed by atoms with van der Waals surface area (Å²) in [7, 11) is 1.86. The van der Waals surface area contributed by atoms with Crippen LogP contribution in [0, 0.1) is 0 Å². The predicted octanol–water partition coefficient (Wildman–Crippen LogP) is 0.891. The Hall–Kier alpha value is -2.70. The van der Waals surface area contributed by atoms with Crippen molar-refractivity contribution in [3.05, 3.63) is 47.5 Å². The van der Waals surface area contributed by atoms with Gasteiger partial charge in [-0.1, -0.05) is 0 Å². The van der Waals surface area contributed by atoms with E-state index in [1.54, 1.807) is 16.9 Å². The highest BCUT2D eigenvalue weighted by atomic mass is 16.2. The van der Waals surface area contributed by atoms with Crippen molar-refractivity contribution >= 4 is 11.8 Å². The Bertz CT molecular complexity index is 707. The topological polar surface area (TPSA) is 94.1 Å².